The van der Waals surface area contributed by atoms with Crippen molar-refractivity contribution < 1.29 is 18.9 Å². The number of ether oxygens (including phenoxy) is 4. The molecular formula is C12H24O4. The minimum Gasteiger partial charge on any atom is -0.353 e. The fourth-order valence-corrected chi connectivity index (χ4v) is 2.06. The highest BCUT2D eigenvalue weighted by molar-refractivity contribution is 4.86. The average molecular weight is 232 g/mol. The molecule has 1 saturated heterocycles. The van der Waals surface area contributed by atoms with Gasteiger partial charge in [0.25, 0.3) is 0 Å². The lowest BCUT2D eigenvalue weighted by atomic mass is 9.97. The lowest BCUT2D eigenvalue weighted by molar-refractivity contribution is -0.201. The molecule has 1 rings (SSSR count). The van der Waals surface area contributed by atoms with Crippen molar-refractivity contribution in [2.75, 3.05) is 14.2 Å². The SMILES string of the molecule is CC[C@@H](C)C1OC(C)(C)O[C@H]1C(OC)OC. The van der Waals surface area contributed by atoms with E-state index < -0.39 is 5.79 Å². The Balaban J connectivity index is 2.78. The fraction of sp³-hybridized carbons (Fsp3) is 1.00. The van der Waals surface area contributed by atoms with E-state index in [9.17, 15) is 0 Å². The van der Waals surface area contributed by atoms with Crippen molar-refractivity contribution in [3.05, 3.63) is 0 Å². The van der Waals surface area contributed by atoms with Crippen LogP contribution in [0.2, 0.25) is 0 Å². The van der Waals surface area contributed by atoms with Crippen molar-refractivity contribution in [2.45, 2.75) is 58.4 Å². The van der Waals surface area contributed by atoms with Gasteiger partial charge in [-0.1, -0.05) is 20.3 Å². The molecule has 0 N–H and O–H groups in total. The Labute approximate surface area is 98.2 Å². The van der Waals surface area contributed by atoms with Crippen LogP contribution in [-0.2, 0) is 18.9 Å². The average Bonchev–Trinajstić information content (AvgIpc) is 2.55. The first-order chi connectivity index (χ1) is 7.45. The zero-order valence-corrected chi connectivity index (χ0v) is 11.1. The minimum atomic E-state index is -0.561. The van der Waals surface area contributed by atoms with Crippen LogP contribution in [0.5, 0.6) is 0 Å². The first kappa shape index (κ1) is 13.9. The van der Waals surface area contributed by atoms with E-state index in [4.69, 9.17) is 18.9 Å². The molecule has 96 valence electrons. The summed E-state index contributed by atoms with van der Waals surface area (Å²) in [6.07, 6.45) is 0.520. The second-order valence-corrected chi connectivity index (χ2v) is 4.79. The number of hydrogen-bond acceptors (Lipinski definition) is 4. The van der Waals surface area contributed by atoms with E-state index in [2.05, 4.69) is 13.8 Å². The first-order valence-corrected chi connectivity index (χ1v) is 5.86. The molecule has 0 radical (unpaired) electrons. The van der Waals surface area contributed by atoms with Gasteiger partial charge in [0.05, 0.1) is 6.10 Å². The lowest BCUT2D eigenvalue weighted by Gasteiger charge is -2.26. The summed E-state index contributed by atoms with van der Waals surface area (Å²) in [7, 11) is 3.24. The largest absolute Gasteiger partial charge is 0.353 e. The van der Waals surface area contributed by atoms with Crippen LogP contribution in [-0.4, -0.2) is 38.5 Å². The van der Waals surface area contributed by atoms with Crippen molar-refractivity contribution in [1.82, 2.24) is 0 Å². The van der Waals surface area contributed by atoms with Crippen LogP contribution in [0.1, 0.15) is 34.1 Å². The molecule has 1 aliphatic rings. The maximum atomic E-state index is 5.92. The van der Waals surface area contributed by atoms with Gasteiger partial charge in [-0.05, 0) is 19.8 Å². The molecule has 0 saturated carbocycles. The molecule has 16 heavy (non-hydrogen) atoms. The van der Waals surface area contributed by atoms with E-state index in [1.807, 2.05) is 13.8 Å². The fourth-order valence-electron chi connectivity index (χ4n) is 2.06. The van der Waals surface area contributed by atoms with Crippen molar-refractivity contribution in [2.24, 2.45) is 5.92 Å². The highest BCUT2D eigenvalue weighted by Gasteiger charge is 2.47. The summed E-state index contributed by atoms with van der Waals surface area (Å²) in [5.41, 5.74) is 0. The standard InChI is InChI=1S/C12H24O4/c1-7-8(2)9-10(11(13-5)14-6)16-12(3,4)15-9/h8-11H,7H2,1-6H3/t8-,9?,10-/m1/s1. The van der Waals surface area contributed by atoms with Gasteiger partial charge in [0.15, 0.2) is 12.1 Å². The Hall–Kier alpha value is -0.160. The van der Waals surface area contributed by atoms with Crippen LogP contribution in [0.15, 0.2) is 0 Å². The van der Waals surface area contributed by atoms with Crippen LogP contribution in [0.3, 0.4) is 0 Å². The van der Waals surface area contributed by atoms with Gasteiger partial charge in [-0.15, -0.1) is 0 Å². The third-order valence-corrected chi connectivity index (χ3v) is 3.10. The van der Waals surface area contributed by atoms with Gasteiger partial charge in [-0.3, -0.25) is 0 Å². The maximum Gasteiger partial charge on any atom is 0.185 e. The number of hydrogen-bond donors (Lipinski definition) is 0. The molecule has 0 aliphatic carbocycles. The van der Waals surface area contributed by atoms with Crippen molar-refractivity contribution in [3.63, 3.8) is 0 Å². The number of methoxy groups -OCH3 is 2. The van der Waals surface area contributed by atoms with Gasteiger partial charge >= 0.3 is 0 Å². The van der Waals surface area contributed by atoms with Crippen LogP contribution in [0, 0.1) is 5.92 Å². The van der Waals surface area contributed by atoms with Gasteiger partial charge in [-0.25, -0.2) is 0 Å². The summed E-state index contributed by atoms with van der Waals surface area (Å²) in [5, 5.41) is 0. The Bertz CT molecular complexity index is 213. The summed E-state index contributed by atoms with van der Waals surface area (Å²) in [5.74, 6) is -0.145. The summed E-state index contributed by atoms with van der Waals surface area (Å²) in [4.78, 5) is 0. The van der Waals surface area contributed by atoms with Crippen molar-refractivity contribution in [1.29, 1.82) is 0 Å². The molecule has 1 unspecified atom stereocenters. The summed E-state index contributed by atoms with van der Waals surface area (Å²) in [6, 6.07) is 0. The lowest BCUT2D eigenvalue weighted by Crippen LogP contribution is -2.40. The molecular weight excluding hydrogens is 208 g/mol. The van der Waals surface area contributed by atoms with Gasteiger partial charge < -0.3 is 18.9 Å². The second-order valence-electron chi connectivity index (χ2n) is 4.79. The van der Waals surface area contributed by atoms with Crippen molar-refractivity contribution >= 4 is 0 Å². The summed E-state index contributed by atoms with van der Waals surface area (Å²) < 4.78 is 22.3. The molecule has 0 aromatic rings. The normalized spacial score (nSPS) is 30.9. The predicted molar refractivity (Wildman–Crippen MR) is 61.1 cm³/mol. The zero-order chi connectivity index (χ0) is 12.3. The molecule has 1 fully saturated rings. The number of rotatable bonds is 5. The zero-order valence-electron chi connectivity index (χ0n) is 11.1. The van der Waals surface area contributed by atoms with Gasteiger partial charge in [0.1, 0.15) is 6.10 Å². The molecule has 4 nitrogen and oxygen atoms in total. The van der Waals surface area contributed by atoms with Crippen LogP contribution in [0.25, 0.3) is 0 Å². The van der Waals surface area contributed by atoms with Crippen LogP contribution >= 0.6 is 0 Å². The minimum absolute atomic E-state index is 0.0184. The Morgan fingerprint density at radius 1 is 1.12 bits per heavy atom. The topological polar surface area (TPSA) is 36.9 Å². The highest BCUT2D eigenvalue weighted by Crippen LogP contribution is 2.35. The molecule has 0 bridgehead atoms. The van der Waals surface area contributed by atoms with Crippen molar-refractivity contribution in [3.8, 4) is 0 Å². The van der Waals surface area contributed by atoms with E-state index in [0.717, 1.165) is 6.42 Å². The molecule has 0 spiro atoms. The molecule has 0 aromatic carbocycles. The summed E-state index contributed by atoms with van der Waals surface area (Å²) in [6.45, 7) is 8.14. The van der Waals surface area contributed by atoms with Gasteiger partial charge in [0, 0.05) is 14.2 Å². The quantitative estimate of drug-likeness (QED) is 0.681. The summed E-state index contributed by atoms with van der Waals surface area (Å²) >= 11 is 0. The molecule has 0 aromatic heterocycles. The Kier molecular flexibility index (Phi) is 4.73. The monoisotopic (exact) mass is 232 g/mol. The Morgan fingerprint density at radius 3 is 2.06 bits per heavy atom. The van der Waals surface area contributed by atoms with Crippen LogP contribution < -0.4 is 0 Å². The third-order valence-electron chi connectivity index (χ3n) is 3.10. The molecule has 3 atom stereocenters. The van der Waals surface area contributed by atoms with E-state index >= 15 is 0 Å². The molecule has 4 heteroatoms. The molecule has 1 heterocycles. The van der Waals surface area contributed by atoms with E-state index in [0.29, 0.717) is 5.92 Å². The Morgan fingerprint density at radius 2 is 1.62 bits per heavy atom. The predicted octanol–water partition coefficient (Wildman–Crippen LogP) is 2.17. The van der Waals surface area contributed by atoms with Gasteiger partial charge in [-0.2, -0.15) is 0 Å². The smallest absolute Gasteiger partial charge is 0.185 e. The van der Waals surface area contributed by atoms with Crippen LogP contribution in [0.4, 0.5) is 0 Å². The molecule has 0 amide bonds. The second kappa shape index (κ2) is 5.45. The molecule has 1 aliphatic heterocycles. The third kappa shape index (κ3) is 2.94. The highest BCUT2D eigenvalue weighted by atomic mass is 16.8. The maximum absolute atomic E-state index is 5.92. The first-order valence-electron chi connectivity index (χ1n) is 5.86. The van der Waals surface area contributed by atoms with E-state index in [1.165, 1.54) is 0 Å². The van der Waals surface area contributed by atoms with Gasteiger partial charge in [0.2, 0.25) is 0 Å². The van der Waals surface area contributed by atoms with E-state index in [-0.39, 0.29) is 18.5 Å². The van der Waals surface area contributed by atoms with E-state index in [1.54, 1.807) is 14.2 Å².